The summed E-state index contributed by atoms with van der Waals surface area (Å²) in [5, 5.41) is 3.28. The Hall–Kier alpha value is -3.56. The van der Waals surface area contributed by atoms with Crippen LogP contribution in [-0.4, -0.2) is 50.4 Å². The number of anilines is 1. The highest BCUT2D eigenvalue weighted by molar-refractivity contribution is 7.92. The van der Waals surface area contributed by atoms with Crippen molar-refractivity contribution in [3.63, 3.8) is 0 Å². The number of carbonyl (C=O) groups excluding carboxylic acids is 2. The Kier molecular flexibility index (Phi) is 10.2. The molecule has 214 valence electrons. The molecular formula is C30H36ClN3O5S. The van der Waals surface area contributed by atoms with Gasteiger partial charge in [0.15, 0.2) is 0 Å². The SMILES string of the molecule is CC[C@@H](C(=O)NC(C)(C)C)N(Cc1cccc(OC)c1)C(=O)CN(c1cccc(Cl)c1)S(=O)(=O)c1ccccc1. The van der Waals surface area contributed by atoms with Crippen LogP contribution in [0.3, 0.4) is 0 Å². The number of halogens is 1. The van der Waals surface area contributed by atoms with E-state index in [2.05, 4.69) is 5.32 Å². The van der Waals surface area contributed by atoms with E-state index >= 15 is 0 Å². The van der Waals surface area contributed by atoms with Crippen LogP contribution in [0.4, 0.5) is 5.69 Å². The summed E-state index contributed by atoms with van der Waals surface area (Å²) < 4.78 is 34.0. The molecule has 0 aliphatic heterocycles. The number of carbonyl (C=O) groups is 2. The van der Waals surface area contributed by atoms with Crippen molar-refractivity contribution in [3.05, 3.63) is 89.4 Å². The summed E-state index contributed by atoms with van der Waals surface area (Å²) in [6.45, 7) is 6.92. The van der Waals surface area contributed by atoms with E-state index in [9.17, 15) is 18.0 Å². The lowest BCUT2D eigenvalue weighted by molar-refractivity contribution is -0.141. The van der Waals surface area contributed by atoms with Gasteiger partial charge in [-0.15, -0.1) is 0 Å². The second-order valence-electron chi connectivity index (χ2n) is 10.3. The largest absolute Gasteiger partial charge is 0.497 e. The fraction of sp³-hybridized carbons (Fsp3) is 0.333. The van der Waals surface area contributed by atoms with E-state index in [0.29, 0.717) is 17.2 Å². The van der Waals surface area contributed by atoms with Crippen molar-refractivity contribution >= 4 is 39.1 Å². The third-order valence-corrected chi connectivity index (χ3v) is 8.10. The minimum absolute atomic E-state index is 0.0274. The molecule has 0 aromatic heterocycles. The number of benzene rings is 3. The van der Waals surface area contributed by atoms with E-state index in [1.807, 2.05) is 33.8 Å². The Morgan fingerprint density at radius 1 is 0.975 bits per heavy atom. The summed E-state index contributed by atoms with van der Waals surface area (Å²) in [5.74, 6) is -0.269. The molecule has 8 nitrogen and oxygen atoms in total. The fourth-order valence-electron chi connectivity index (χ4n) is 4.22. The Bertz CT molecular complexity index is 1420. The monoisotopic (exact) mass is 585 g/mol. The third-order valence-electron chi connectivity index (χ3n) is 6.08. The van der Waals surface area contributed by atoms with Crippen LogP contribution < -0.4 is 14.4 Å². The maximum absolute atomic E-state index is 14.1. The molecule has 0 unspecified atom stereocenters. The maximum Gasteiger partial charge on any atom is 0.264 e. The number of methoxy groups -OCH3 is 1. The van der Waals surface area contributed by atoms with Crippen LogP contribution in [0.1, 0.15) is 39.7 Å². The molecule has 1 N–H and O–H groups in total. The molecule has 40 heavy (non-hydrogen) atoms. The van der Waals surface area contributed by atoms with Gasteiger partial charge in [0.05, 0.1) is 17.7 Å². The third kappa shape index (κ3) is 7.99. The van der Waals surface area contributed by atoms with Crippen LogP contribution in [0.15, 0.2) is 83.8 Å². The molecule has 0 radical (unpaired) electrons. The lowest BCUT2D eigenvalue weighted by Gasteiger charge is -2.34. The van der Waals surface area contributed by atoms with E-state index in [1.54, 1.807) is 61.7 Å². The summed E-state index contributed by atoms with van der Waals surface area (Å²) in [7, 11) is -2.61. The average molecular weight is 586 g/mol. The molecule has 3 aromatic rings. The van der Waals surface area contributed by atoms with E-state index in [4.69, 9.17) is 16.3 Å². The molecule has 0 fully saturated rings. The Balaban J connectivity index is 2.07. The van der Waals surface area contributed by atoms with Gasteiger partial charge in [0.2, 0.25) is 11.8 Å². The minimum Gasteiger partial charge on any atom is -0.497 e. The Morgan fingerprint density at radius 2 is 1.65 bits per heavy atom. The second-order valence-corrected chi connectivity index (χ2v) is 12.6. The Labute approximate surface area is 241 Å². The van der Waals surface area contributed by atoms with Crippen LogP contribution in [0.2, 0.25) is 5.02 Å². The molecule has 0 saturated carbocycles. The first-order valence-electron chi connectivity index (χ1n) is 12.9. The highest BCUT2D eigenvalue weighted by Crippen LogP contribution is 2.27. The first kappa shape index (κ1) is 31.0. The van der Waals surface area contributed by atoms with Crippen LogP contribution in [-0.2, 0) is 26.2 Å². The summed E-state index contributed by atoms with van der Waals surface area (Å²) >= 11 is 6.21. The zero-order valence-corrected chi connectivity index (χ0v) is 25.0. The van der Waals surface area contributed by atoms with E-state index in [-0.39, 0.29) is 23.0 Å². The smallest absolute Gasteiger partial charge is 0.264 e. The fourth-order valence-corrected chi connectivity index (χ4v) is 5.83. The quantitative estimate of drug-likeness (QED) is 0.331. The number of hydrogen-bond acceptors (Lipinski definition) is 5. The highest BCUT2D eigenvalue weighted by atomic mass is 35.5. The molecule has 0 spiro atoms. The molecule has 10 heteroatoms. The lowest BCUT2D eigenvalue weighted by Crippen LogP contribution is -2.55. The summed E-state index contributed by atoms with van der Waals surface area (Å²) in [6.07, 6.45) is 0.320. The molecule has 0 bridgehead atoms. The van der Waals surface area contributed by atoms with Gasteiger partial charge in [-0.25, -0.2) is 8.42 Å². The van der Waals surface area contributed by atoms with Gasteiger partial charge >= 0.3 is 0 Å². The highest BCUT2D eigenvalue weighted by Gasteiger charge is 2.34. The Morgan fingerprint density at radius 3 is 2.25 bits per heavy atom. The predicted octanol–water partition coefficient (Wildman–Crippen LogP) is 5.27. The van der Waals surface area contributed by atoms with Gasteiger partial charge in [-0.2, -0.15) is 0 Å². The van der Waals surface area contributed by atoms with Crippen molar-refractivity contribution in [2.75, 3.05) is 18.0 Å². The molecule has 0 heterocycles. The molecule has 0 aliphatic carbocycles. The van der Waals surface area contributed by atoms with Gasteiger partial charge in [0.25, 0.3) is 10.0 Å². The van der Waals surface area contributed by atoms with Crippen LogP contribution in [0.25, 0.3) is 0 Å². The molecule has 2 amide bonds. The van der Waals surface area contributed by atoms with Crippen molar-refractivity contribution in [1.82, 2.24) is 10.2 Å². The van der Waals surface area contributed by atoms with Crippen molar-refractivity contribution < 1.29 is 22.7 Å². The summed E-state index contributed by atoms with van der Waals surface area (Å²) in [5.41, 5.74) is 0.437. The van der Waals surface area contributed by atoms with E-state index in [0.717, 1.165) is 9.87 Å². The van der Waals surface area contributed by atoms with Crippen LogP contribution in [0.5, 0.6) is 5.75 Å². The molecular weight excluding hydrogens is 550 g/mol. The molecule has 3 rings (SSSR count). The van der Waals surface area contributed by atoms with E-state index < -0.39 is 34.1 Å². The van der Waals surface area contributed by atoms with Gasteiger partial charge < -0.3 is 15.0 Å². The number of nitrogens with zero attached hydrogens (tertiary/aromatic N) is 2. The zero-order valence-electron chi connectivity index (χ0n) is 23.4. The summed E-state index contributed by atoms with van der Waals surface area (Å²) in [6, 6.07) is 20.5. The number of rotatable bonds is 11. The topological polar surface area (TPSA) is 96.0 Å². The molecule has 3 aromatic carbocycles. The standard InChI is InChI=1S/C30H36ClN3O5S/c1-6-27(29(36)32-30(2,3)4)33(20-22-12-10-15-25(18-22)39-5)28(35)21-34(24-14-11-13-23(31)19-24)40(37,38)26-16-8-7-9-17-26/h7-19,27H,6,20-21H2,1-5H3,(H,32,36)/t27-/m0/s1. The van der Waals surface area contributed by atoms with Crippen LogP contribution >= 0.6 is 11.6 Å². The molecule has 0 aliphatic rings. The maximum atomic E-state index is 14.1. The number of sulfonamides is 1. The average Bonchev–Trinajstić information content (AvgIpc) is 2.91. The number of nitrogens with one attached hydrogen (secondary N) is 1. The first-order valence-corrected chi connectivity index (χ1v) is 14.8. The molecule has 1 atom stereocenters. The minimum atomic E-state index is -4.16. The van der Waals surface area contributed by atoms with Gasteiger partial charge in [-0.1, -0.05) is 54.9 Å². The van der Waals surface area contributed by atoms with Gasteiger partial charge in [-0.3, -0.25) is 13.9 Å². The number of amides is 2. The van der Waals surface area contributed by atoms with Crippen molar-refractivity contribution in [2.24, 2.45) is 0 Å². The van der Waals surface area contributed by atoms with Gasteiger partial charge in [0, 0.05) is 17.1 Å². The lowest BCUT2D eigenvalue weighted by atomic mass is 10.1. The second kappa shape index (κ2) is 13.2. The van der Waals surface area contributed by atoms with Crippen molar-refractivity contribution in [1.29, 1.82) is 0 Å². The van der Waals surface area contributed by atoms with Crippen LogP contribution in [0, 0.1) is 0 Å². The first-order chi connectivity index (χ1) is 18.9. The van der Waals surface area contributed by atoms with Gasteiger partial charge in [-0.05, 0) is 75.2 Å². The summed E-state index contributed by atoms with van der Waals surface area (Å²) in [4.78, 5) is 28.9. The number of ether oxygens (including phenoxy) is 1. The zero-order chi connectivity index (χ0) is 29.5. The normalized spacial score (nSPS) is 12.3. The van der Waals surface area contributed by atoms with Crippen molar-refractivity contribution in [2.45, 2.75) is 57.1 Å². The molecule has 0 saturated heterocycles. The van der Waals surface area contributed by atoms with E-state index in [1.165, 1.54) is 23.1 Å². The van der Waals surface area contributed by atoms with Crippen molar-refractivity contribution in [3.8, 4) is 5.75 Å². The predicted molar refractivity (Wildman–Crippen MR) is 158 cm³/mol. The van der Waals surface area contributed by atoms with Gasteiger partial charge in [0.1, 0.15) is 18.3 Å². The number of hydrogen-bond donors (Lipinski definition) is 1.